The van der Waals surface area contributed by atoms with E-state index in [1.54, 1.807) is 0 Å². The van der Waals surface area contributed by atoms with Gasteiger partial charge in [-0.25, -0.2) is 0 Å². The summed E-state index contributed by atoms with van der Waals surface area (Å²) in [5.74, 6) is -0.472. The second-order valence-electron chi connectivity index (χ2n) is 3.36. The van der Waals surface area contributed by atoms with Crippen molar-refractivity contribution in [3.63, 3.8) is 0 Å². The van der Waals surface area contributed by atoms with Gasteiger partial charge >= 0.3 is 0 Å². The predicted molar refractivity (Wildman–Crippen MR) is 56.6 cm³/mol. The average molecular weight is 185 g/mol. The van der Waals surface area contributed by atoms with E-state index in [0.29, 0.717) is 5.57 Å². The molecular weight excluding hydrogens is 174 g/mol. The zero-order valence-corrected chi connectivity index (χ0v) is 7.73. The van der Waals surface area contributed by atoms with Crippen molar-refractivity contribution < 1.29 is 4.79 Å². The molecule has 1 unspecified atom stereocenters. The van der Waals surface area contributed by atoms with E-state index in [0.717, 1.165) is 11.1 Å². The maximum Gasteiger partial charge on any atom is 0.244 e. The number of allylic oxidation sites excluding steroid dienone is 1. The van der Waals surface area contributed by atoms with Gasteiger partial charge in [0.1, 0.15) is 0 Å². The first-order chi connectivity index (χ1) is 6.70. The quantitative estimate of drug-likeness (QED) is 0.702. The minimum absolute atomic E-state index is 0.0382. The van der Waals surface area contributed by atoms with Crippen LogP contribution in [0.15, 0.2) is 42.5 Å². The van der Waals surface area contributed by atoms with Crippen molar-refractivity contribution in [3.8, 4) is 0 Å². The van der Waals surface area contributed by atoms with Crippen LogP contribution in [-0.4, -0.2) is 5.91 Å². The molecule has 0 heterocycles. The minimum Gasteiger partial charge on any atom is -0.366 e. The SMILES string of the molecule is C=C(C(N)=O)C1C=Cc2ccccc21. The Morgan fingerprint density at radius 1 is 1.36 bits per heavy atom. The van der Waals surface area contributed by atoms with Crippen LogP contribution in [0.5, 0.6) is 0 Å². The van der Waals surface area contributed by atoms with Gasteiger partial charge < -0.3 is 5.73 Å². The molecule has 70 valence electrons. The van der Waals surface area contributed by atoms with Crippen molar-refractivity contribution >= 4 is 12.0 Å². The molecule has 0 saturated carbocycles. The molecule has 1 atom stereocenters. The number of benzene rings is 1. The highest BCUT2D eigenvalue weighted by atomic mass is 16.1. The molecule has 0 spiro atoms. The summed E-state index contributed by atoms with van der Waals surface area (Å²) in [6.45, 7) is 3.71. The molecule has 2 nitrogen and oxygen atoms in total. The van der Waals surface area contributed by atoms with E-state index in [1.165, 1.54) is 0 Å². The van der Waals surface area contributed by atoms with Crippen molar-refractivity contribution in [2.24, 2.45) is 5.73 Å². The number of fused-ring (bicyclic) bond motifs is 1. The lowest BCUT2D eigenvalue weighted by molar-refractivity contribution is -0.114. The third kappa shape index (κ3) is 1.25. The second kappa shape index (κ2) is 3.14. The summed E-state index contributed by atoms with van der Waals surface area (Å²) in [5.41, 5.74) is 7.90. The Labute approximate surface area is 82.7 Å². The molecule has 2 heteroatoms. The fraction of sp³-hybridized carbons (Fsp3) is 0.0833. The number of hydrogen-bond acceptors (Lipinski definition) is 1. The van der Waals surface area contributed by atoms with E-state index < -0.39 is 5.91 Å². The van der Waals surface area contributed by atoms with E-state index >= 15 is 0 Å². The molecule has 14 heavy (non-hydrogen) atoms. The largest absolute Gasteiger partial charge is 0.366 e. The third-order valence-electron chi connectivity index (χ3n) is 2.49. The summed E-state index contributed by atoms with van der Waals surface area (Å²) in [4.78, 5) is 11.0. The number of primary amides is 1. The molecule has 0 fully saturated rings. The van der Waals surface area contributed by atoms with Gasteiger partial charge in [-0.1, -0.05) is 43.0 Å². The van der Waals surface area contributed by atoms with Crippen LogP contribution < -0.4 is 5.73 Å². The van der Waals surface area contributed by atoms with Crippen LogP contribution in [0.3, 0.4) is 0 Å². The number of hydrogen-bond donors (Lipinski definition) is 1. The smallest absolute Gasteiger partial charge is 0.244 e. The van der Waals surface area contributed by atoms with Gasteiger partial charge in [0.05, 0.1) is 0 Å². The molecule has 2 N–H and O–H groups in total. The Balaban J connectivity index is 2.40. The van der Waals surface area contributed by atoms with Crippen molar-refractivity contribution in [2.45, 2.75) is 5.92 Å². The molecule has 0 radical (unpaired) electrons. The van der Waals surface area contributed by atoms with Crippen LogP contribution in [0.1, 0.15) is 17.0 Å². The van der Waals surface area contributed by atoms with Gasteiger partial charge in [-0.2, -0.15) is 0 Å². The van der Waals surface area contributed by atoms with Crippen molar-refractivity contribution in [1.82, 2.24) is 0 Å². The first-order valence-corrected chi connectivity index (χ1v) is 4.46. The zero-order valence-electron chi connectivity index (χ0n) is 7.73. The summed E-state index contributed by atoms with van der Waals surface area (Å²) < 4.78 is 0. The van der Waals surface area contributed by atoms with Crippen LogP contribution >= 0.6 is 0 Å². The zero-order chi connectivity index (χ0) is 10.1. The number of carbonyl (C=O) groups excluding carboxylic acids is 1. The van der Waals surface area contributed by atoms with Crippen molar-refractivity contribution in [2.75, 3.05) is 0 Å². The normalized spacial score (nSPS) is 17.9. The molecule has 1 aliphatic carbocycles. The first-order valence-electron chi connectivity index (χ1n) is 4.46. The molecule has 0 aromatic heterocycles. The van der Waals surface area contributed by atoms with Crippen LogP contribution in [0.4, 0.5) is 0 Å². The number of nitrogens with two attached hydrogens (primary N) is 1. The molecular formula is C12H11NO. The van der Waals surface area contributed by atoms with Gasteiger partial charge in [-0.3, -0.25) is 4.79 Å². The maximum absolute atomic E-state index is 11.0. The Morgan fingerprint density at radius 2 is 2.07 bits per heavy atom. The van der Waals surface area contributed by atoms with Crippen LogP contribution in [-0.2, 0) is 4.79 Å². The number of carbonyl (C=O) groups is 1. The summed E-state index contributed by atoms with van der Waals surface area (Å²) in [5, 5.41) is 0. The highest BCUT2D eigenvalue weighted by Gasteiger charge is 2.21. The first kappa shape index (κ1) is 8.75. The monoisotopic (exact) mass is 185 g/mol. The van der Waals surface area contributed by atoms with E-state index in [4.69, 9.17) is 5.73 Å². The lowest BCUT2D eigenvalue weighted by Gasteiger charge is -2.10. The Morgan fingerprint density at radius 3 is 2.79 bits per heavy atom. The average Bonchev–Trinajstić information content (AvgIpc) is 2.60. The van der Waals surface area contributed by atoms with Gasteiger partial charge in [0.2, 0.25) is 5.91 Å². The maximum atomic E-state index is 11.0. The fourth-order valence-electron chi connectivity index (χ4n) is 1.71. The lowest BCUT2D eigenvalue weighted by Crippen LogP contribution is -2.17. The molecule has 1 amide bonds. The third-order valence-corrected chi connectivity index (χ3v) is 2.49. The van der Waals surface area contributed by atoms with Crippen LogP contribution in [0, 0.1) is 0 Å². The predicted octanol–water partition coefficient (Wildman–Crippen LogP) is 1.84. The van der Waals surface area contributed by atoms with Gasteiger partial charge in [-0.05, 0) is 11.1 Å². The highest BCUT2D eigenvalue weighted by Crippen LogP contribution is 2.34. The summed E-state index contributed by atoms with van der Waals surface area (Å²) in [7, 11) is 0. The second-order valence-corrected chi connectivity index (χ2v) is 3.36. The van der Waals surface area contributed by atoms with Crippen molar-refractivity contribution in [3.05, 3.63) is 53.6 Å². The van der Waals surface area contributed by atoms with Gasteiger partial charge in [-0.15, -0.1) is 0 Å². The van der Waals surface area contributed by atoms with Gasteiger partial charge in [0.25, 0.3) is 0 Å². The van der Waals surface area contributed by atoms with E-state index in [1.807, 2.05) is 36.4 Å². The summed E-state index contributed by atoms with van der Waals surface area (Å²) in [6, 6.07) is 7.93. The molecule has 1 aromatic rings. The summed E-state index contributed by atoms with van der Waals surface area (Å²) in [6.07, 6.45) is 3.95. The van der Waals surface area contributed by atoms with Crippen LogP contribution in [0.2, 0.25) is 0 Å². The number of rotatable bonds is 2. The molecule has 1 aliphatic rings. The molecule has 2 rings (SSSR count). The standard InChI is InChI=1S/C12H11NO/c1-8(12(13)14)10-7-6-9-4-2-3-5-11(9)10/h2-7,10H,1H2,(H2,13,14). The lowest BCUT2D eigenvalue weighted by atomic mass is 9.94. The topological polar surface area (TPSA) is 43.1 Å². The van der Waals surface area contributed by atoms with E-state index in [2.05, 4.69) is 6.58 Å². The molecule has 0 aliphatic heterocycles. The highest BCUT2D eigenvalue weighted by molar-refractivity contribution is 5.94. The molecule has 0 bridgehead atoms. The van der Waals surface area contributed by atoms with E-state index in [9.17, 15) is 4.79 Å². The minimum atomic E-state index is -0.434. The number of amides is 1. The van der Waals surface area contributed by atoms with Crippen molar-refractivity contribution in [1.29, 1.82) is 0 Å². The van der Waals surface area contributed by atoms with Gasteiger partial charge in [0, 0.05) is 11.5 Å². The van der Waals surface area contributed by atoms with Gasteiger partial charge in [0.15, 0.2) is 0 Å². The van der Waals surface area contributed by atoms with Crippen LogP contribution in [0.25, 0.3) is 6.08 Å². The Bertz CT molecular complexity index is 432. The fourth-order valence-corrected chi connectivity index (χ4v) is 1.71. The Hall–Kier alpha value is -1.83. The molecule has 0 saturated heterocycles. The Kier molecular flexibility index (Phi) is 1.97. The van der Waals surface area contributed by atoms with E-state index in [-0.39, 0.29) is 5.92 Å². The summed E-state index contributed by atoms with van der Waals surface area (Å²) >= 11 is 0. The molecule has 1 aromatic carbocycles.